The molecule has 1 fully saturated rings. The highest BCUT2D eigenvalue weighted by Gasteiger charge is 2.19. The minimum absolute atomic E-state index is 0.0848. The number of nitrogens with one attached hydrogen (secondary N) is 2. The average molecular weight is 463 g/mol. The van der Waals surface area contributed by atoms with Gasteiger partial charge in [0.25, 0.3) is 5.91 Å². The second-order valence-electron chi connectivity index (χ2n) is 8.36. The molecule has 1 aromatic heterocycles. The minimum atomic E-state index is -0.582. The van der Waals surface area contributed by atoms with Crippen LogP contribution in [0, 0.1) is 0 Å². The summed E-state index contributed by atoms with van der Waals surface area (Å²) in [6.07, 6.45) is 5.14. The molecule has 0 aliphatic carbocycles. The molecule has 2 heterocycles. The molecular weight excluding hydrogens is 432 g/mol. The number of amides is 2. The summed E-state index contributed by atoms with van der Waals surface area (Å²) in [4.78, 5) is 32.1. The summed E-state index contributed by atoms with van der Waals surface area (Å²) in [7, 11) is 0. The maximum Gasteiger partial charge on any atom is 0.267 e. The summed E-state index contributed by atoms with van der Waals surface area (Å²) < 4.78 is 5.44. The van der Waals surface area contributed by atoms with Crippen molar-refractivity contribution >= 4 is 28.8 Å². The van der Waals surface area contributed by atoms with E-state index in [4.69, 9.17) is 9.94 Å². The lowest BCUT2D eigenvalue weighted by molar-refractivity contribution is -0.131. The van der Waals surface area contributed by atoms with Gasteiger partial charge >= 0.3 is 0 Å². The Hall–Kier alpha value is -3.46. The van der Waals surface area contributed by atoms with Crippen molar-refractivity contribution in [3.8, 4) is 0 Å². The van der Waals surface area contributed by atoms with Crippen LogP contribution < -0.4 is 5.48 Å². The number of hydrogen-bond acceptors (Lipinski definition) is 5. The van der Waals surface area contributed by atoms with Crippen molar-refractivity contribution in [2.45, 2.75) is 13.0 Å². The molecule has 1 aliphatic rings. The van der Waals surface area contributed by atoms with Gasteiger partial charge in [-0.25, -0.2) is 5.48 Å². The third-order valence-corrected chi connectivity index (χ3v) is 6.05. The van der Waals surface area contributed by atoms with Gasteiger partial charge in [-0.2, -0.15) is 0 Å². The number of benzene rings is 2. The number of aromatic nitrogens is 1. The zero-order valence-electron chi connectivity index (χ0n) is 19.1. The van der Waals surface area contributed by atoms with Crippen molar-refractivity contribution in [1.29, 1.82) is 0 Å². The van der Waals surface area contributed by atoms with E-state index in [1.165, 1.54) is 6.08 Å². The number of aromatic amines is 1. The summed E-state index contributed by atoms with van der Waals surface area (Å²) in [5.74, 6) is -0.497. The van der Waals surface area contributed by atoms with Gasteiger partial charge in [0, 0.05) is 55.9 Å². The summed E-state index contributed by atoms with van der Waals surface area (Å²) in [6, 6.07) is 15.7. The zero-order valence-corrected chi connectivity index (χ0v) is 19.1. The second-order valence-corrected chi connectivity index (χ2v) is 8.36. The summed E-state index contributed by atoms with van der Waals surface area (Å²) >= 11 is 0. The summed E-state index contributed by atoms with van der Waals surface area (Å²) in [6.45, 7) is 5.17. The van der Waals surface area contributed by atoms with Crippen molar-refractivity contribution < 1.29 is 19.5 Å². The highest BCUT2D eigenvalue weighted by atomic mass is 16.5. The molecule has 0 spiro atoms. The molecule has 4 rings (SSSR count). The SMILES string of the molecule is O=C(/C=C/c1ccc(CN(CCN2CCOCC2)C(=O)Cc2c[nH]c3ccccc23)cc1)NO. The Morgan fingerprint density at radius 3 is 2.65 bits per heavy atom. The number of ether oxygens (including phenoxy) is 1. The van der Waals surface area contributed by atoms with E-state index in [1.54, 1.807) is 11.6 Å². The van der Waals surface area contributed by atoms with E-state index in [-0.39, 0.29) is 5.91 Å². The number of fused-ring (bicyclic) bond motifs is 1. The molecule has 1 saturated heterocycles. The van der Waals surface area contributed by atoms with Gasteiger partial charge in [0.15, 0.2) is 0 Å². The van der Waals surface area contributed by atoms with Gasteiger partial charge < -0.3 is 14.6 Å². The zero-order chi connectivity index (χ0) is 23.8. The van der Waals surface area contributed by atoms with Crippen LogP contribution in [0.2, 0.25) is 0 Å². The van der Waals surface area contributed by atoms with Crippen LogP contribution in [0.15, 0.2) is 60.8 Å². The van der Waals surface area contributed by atoms with E-state index in [0.717, 1.165) is 60.4 Å². The normalized spacial score (nSPS) is 14.5. The highest BCUT2D eigenvalue weighted by molar-refractivity contribution is 5.91. The lowest BCUT2D eigenvalue weighted by atomic mass is 10.1. The van der Waals surface area contributed by atoms with E-state index in [9.17, 15) is 9.59 Å². The predicted octanol–water partition coefficient (Wildman–Crippen LogP) is 2.59. The second kappa shape index (κ2) is 11.6. The Morgan fingerprint density at radius 1 is 1.12 bits per heavy atom. The van der Waals surface area contributed by atoms with Crippen LogP contribution in [0.4, 0.5) is 0 Å². The van der Waals surface area contributed by atoms with Gasteiger partial charge in [0.05, 0.1) is 19.6 Å². The van der Waals surface area contributed by atoms with E-state index < -0.39 is 5.91 Å². The van der Waals surface area contributed by atoms with E-state index in [0.29, 0.717) is 19.5 Å². The molecule has 0 bridgehead atoms. The van der Waals surface area contributed by atoms with Crippen molar-refractivity contribution in [3.63, 3.8) is 0 Å². The Morgan fingerprint density at radius 2 is 1.88 bits per heavy atom. The largest absolute Gasteiger partial charge is 0.379 e. The first kappa shape index (κ1) is 23.7. The van der Waals surface area contributed by atoms with Gasteiger partial charge in [0.1, 0.15) is 0 Å². The van der Waals surface area contributed by atoms with Crippen LogP contribution >= 0.6 is 0 Å². The Labute approximate surface area is 198 Å². The molecule has 1 aliphatic heterocycles. The van der Waals surface area contributed by atoms with Crippen LogP contribution in [-0.2, 0) is 27.3 Å². The molecule has 8 heteroatoms. The number of rotatable bonds is 9. The molecular formula is C26H30N4O4. The quantitative estimate of drug-likeness (QED) is 0.258. The van der Waals surface area contributed by atoms with Gasteiger partial charge in [0.2, 0.25) is 5.91 Å². The number of nitrogens with zero attached hydrogens (tertiary/aromatic N) is 2. The number of morpholine rings is 1. The Kier molecular flexibility index (Phi) is 8.08. The van der Waals surface area contributed by atoms with Gasteiger partial charge in [-0.15, -0.1) is 0 Å². The lowest BCUT2D eigenvalue weighted by Crippen LogP contribution is -2.43. The maximum absolute atomic E-state index is 13.4. The third-order valence-electron chi connectivity index (χ3n) is 6.05. The highest BCUT2D eigenvalue weighted by Crippen LogP contribution is 2.19. The lowest BCUT2D eigenvalue weighted by Gasteiger charge is -2.30. The van der Waals surface area contributed by atoms with Crippen LogP contribution in [0.5, 0.6) is 0 Å². The summed E-state index contributed by atoms with van der Waals surface area (Å²) in [5, 5.41) is 9.68. The van der Waals surface area contributed by atoms with Crippen molar-refractivity contribution in [2.75, 3.05) is 39.4 Å². The monoisotopic (exact) mass is 462 g/mol. The molecule has 178 valence electrons. The number of para-hydroxylation sites is 1. The van der Waals surface area contributed by atoms with Crippen LogP contribution in [0.3, 0.4) is 0 Å². The van der Waals surface area contributed by atoms with Crippen LogP contribution in [-0.4, -0.2) is 71.2 Å². The van der Waals surface area contributed by atoms with E-state index in [2.05, 4.69) is 9.88 Å². The fourth-order valence-corrected chi connectivity index (χ4v) is 4.10. The fourth-order valence-electron chi connectivity index (χ4n) is 4.10. The topological polar surface area (TPSA) is 97.9 Å². The Bertz CT molecular complexity index is 1130. The van der Waals surface area contributed by atoms with Crippen molar-refractivity contribution in [1.82, 2.24) is 20.3 Å². The molecule has 0 radical (unpaired) electrons. The number of H-pyrrole nitrogens is 1. The fraction of sp³-hybridized carbons (Fsp3) is 0.308. The van der Waals surface area contributed by atoms with Crippen LogP contribution in [0.1, 0.15) is 16.7 Å². The Balaban J connectivity index is 1.46. The minimum Gasteiger partial charge on any atom is -0.379 e. The predicted molar refractivity (Wildman–Crippen MR) is 130 cm³/mol. The average Bonchev–Trinajstić information content (AvgIpc) is 3.29. The van der Waals surface area contributed by atoms with Crippen molar-refractivity contribution in [2.24, 2.45) is 0 Å². The number of carbonyl (C=O) groups excluding carboxylic acids is 2. The van der Waals surface area contributed by atoms with Gasteiger partial charge in [-0.3, -0.25) is 19.7 Å². The number of hydrogen-bond donors (Lipinski definition) is 3. The standard InChI is InChI=1S/C26H30N4O4/c31-25(28-33)10-9-20-5-7-21(8-6-20)19-30(12-11-29-13-15-34-16-14-29)26(32)17-22-18-27-24-4-2-1-3-23(22)24/h1-10,18,27,33H,11-17,19H2,(H,28,31)/b10-9+. The first-order valence-corrected chi connectivity index (χ1v) is 11.5. The van der Waals surface area contributed by atoms with Crippen LogP contribution in [0.25, 0.3) is 17.0 Å². The van der Waals surface area contributed by atoms with Crippen molar-refractivity contribution in [3.05, 3.63) is 77.5 Å². The maximum atomic E-state index is 13.4. The molecule has 0 atom stereocenters. The first-order valence-electron chi connectivity index (χ1n) is 11.5. The molecule has 0 saturated carbocycles. The van der Waals surface area contributed by atoms with E-state index >= 15 is 0 Å². The van der Waals surface area contributed by atoms with E-state index in [1.807, 2.05) is 59.6 Å². The third kappa shape index (κ3) is 6.32. The summed E-state index contributed by atoms with van der Waals surface area (Å²) in [5.41, 5.74) is 5.45. The molecule has 3 N–H and O–H groups in total. The molecule has 3 aromatic rings. The number of hydroxylamine groups is 1. The number of carbonyl (C=O) groups is 2. The van der Waals surface area contributed by atoms with Gasteiger partial charge in [-0.05, 0) is 28.8 Å². The first-order chi connectivity index (χ1) is 16.6. The molecule has 0 unspecified atom stereocenters. The molecule has 8 nitrogen and oxygen atoms in total. The smallest absolute Gasteiger partial charge is 0.267 e. The molecule has 2 aromatic carbocycles. The molecule has 2 amide bonds. The molecule has 34 heavy (non-hydrogen) atoms. The van der Waals surface area contributed by atoms with Gasteiger partial charge in [-0.1, -0.05) is 42.5 Å².